The van der Waals surface area contributed by atoms with E-state index in [0.29, 0.717) is 11.1 Å². The zero-order valence-corrected chi connectivity index (χ0v) is 17.2. The molecule has 2 aromatic carbocycles. The number of carbonyl (C=O) groups is 1. The van der Waals surface area contributed by atoms with Crippen LogP contribution >= 0.6 is 23.5 Å². The SMILES string of the molecule is Cc1ccc(CN(C)C(=O)COc2ccc(C3SCCS3)cc2)c(C)c1. The van der Waals surface area contributed by atoms with Crippen molar-refractivity contribution in [3.63, 3.8) is 0 Å². The third kappa shape index (κ3) is 4.98. The number of aryl methyl sites for hydroxylation is 2. The van der Waals surface area contributed by atoms with Gasteiger partial charge in [-0.1, -0.05) is 35.9 Å². The van der Waals surface area contributed by atoms with E-state index in [1.165, 1.54) is 33.8 Å². The molecule has 0 atom stereocenters. The second-order valence-electron chi connectivity index (χ2n) is 6.61. The van der Waals surface area contributed by atoms with Crippen molar-refractivity contribution < 1.29 is 9.53 Å². The fraction of sp³-hybridized carbons (Fsp3) is 0.381. The van der Waals surface area contributed by atoms with Gasteiger partial charge in [-0.3, -0.25) is 4.79 Å². The molecule has 1 amide bonds. The largest absolute Gasteiger partial charge is 0.484 e. The van der Waals surface area contributed by atoms with Crippen molar-refractivity contribution in [3.8, 4) is 5.75 Å². The van der Waals surface area contributed by atoms with Crippen molar-refractivity contribution in [1.82, 2.24) is 4.90 Å². The normalized spacial score (nSPS) is 14.4. The standard InChI is InChI=1S/C21H25NO2S2/c1-15-4-5-18(16(2)12-15)13-22(3)20(23)14-24-19-8-6-17(7-9-19)21-25-10-11-26-21/h4-9,12,21H,10-11,13-14H2,1-3H3. The molecule has 0 aromatic heterocycles. The molecule has 0 aliphatic carbocycles. The van der Waals surface area contributed by atoms with E-state index in [0.717, 1.165) is 5.75 Å². The minimum Gasteiger partial charge on any atom is -0.484 e. The van der Waals surface area contributed by atoms with Crippen molar-refractivity contribution in [2.24, 2.45) is 0 Å². The second-order valence-corrected chi connectivity index (χ2v) is 9.34. The quantitative estimate of drug-likeness (QED) is 0.711. The lowest BCUT2D eigenvalue weighted by atomic mass is 10.1. The summed E-state index contributed by atoms with van der Waals surface area (Å²) in [6.45, 7) is 4.82. The topological polar surface area (TPSA) is 29.5 Å². The van der Waals surface area contributed by atoms with Gasteiger partial charge in [0.05, 0.1) is 4.58 Å². The molecule has 3 nitrogen and oxygen atoms in total. The molecule has 1 saturated heterocycles. The van der Waals surface area contributed by atoms with Crippen LogP contribution in [0.2, 0.25) is 0 Å². The third-order valence-electron chi connectivity index (χ3n) is 4.47. The molecule has 1 aliphatic rings. The van der Waals surface area contributed by atoms with Crippen molar-refractivity contribution in [3.05, 3.63) is 64.7 Å². The number of benzene rings is 2. The highest BCUT2D eigenvalue weighted by atomic mass is 32.2. The fourth-order valence-corrected chi connectivity index (χ4v) is 5.75. The lowest BCUT2D eigenvalue weighted by Gasteiger charge is -2.19. The molecule has 0 saturated carbocycles. The molecule has 5 heteroatoms. The molecule has 1 heterocycles. The number of rotatable bonds is 6. The van der Waals surface area contributed by atoms with Crippen LogP contribution in [-0.4, -0.2) is 36.0 Å². The fourth-order valence-electron chi connectivity index (χ4n) is 2.89. The van der Waals surface area contributed by atoms with Crippen LogP contribution in [0.5, 0.6) is 5.75 Å². The van der Waals surface area contributed by atoms with Gasteiger partial charge in [0.25, 0.3) is 5.91 Å². The van der Waals surface area contributed by atoms with E-state index in [1.807, 2.05) is 42.7 Å². The lowest BCUT2D eigenvalue weighted by molar-refractivity contribution is -0.132. The maximum absolute atomic E-state index is 12.4. The van der Waals surface area contributed by atoms with Gasteiger partial charge in [0.2, 0.25) is 0 Å². The highest BCUT2D eigenvalue weighted by molar-refractivity contribution is 8.19. The van der Waals surface area contributed by atoms with Crippen LogP contribution in [0.1, 0.15) is 26.8 Å². The van der Waals surface area contributed by atoms with Gasteiger partial charge in [0, 0.05) is 25.1 Å². The Kier molecular flexibility index (Phi) is 6.54. The molecular weight excluding hydrogens is 362 g/mol. The first-order chi connectivity index (χ1) is 12.5. The maximum Gasteiger partial charge on any atom is 0.260 e. The summed E-state index contributed by atoms with van der Waals surface area (Å²) in [5, 5.41) is 0. The number of thioether (sulfide) groups is 2. The Morgan fingerprint density at radius 1 is 1.12 bits per heavy atom. The van der Waals surface area contributed by atoms with Gasteiger partial charge in [0.15, 0.2) is 6.61 Å². The van der Waals surface area contributed by atoms with E-state index in [9.17, 15) is 4.79 Å². The smallest absolute Gasteiger partial charge is 0.260 e. The molecule has 0 spiro atoms. The van der Waals surface area contributed by atoms with Crippen LogP contribution in [0.3, 0.4) is 0 Å². The number of hydrogen-bond acceptors (Lipinski definition) is 4. The van der Waals surface area contributed by atoms with Gasteiger partial charge in [-0.25, -0.2) is 0 Å². The number of likely N-dealkylation sites (N-methyl/N-ethyl adjacent to an activating group) is 1. The highest BCUT2D eigenvalue weighted by Gasteiger charge is 2.18. The Hall–Kier alpha value is -1.59. The molecule has 138 valence electrons. The van der Waals surface area contributed by atoms with Crippen molar-refractivity contribution in [2.45, 2.75) is 25.0 Å². The van der Waals surface area contributed by atoms with Crippen LogP contribution in [0.25, 0.3) is 0 Å². The molecule has 0 N–H and O–H groups in total. The second kappa shape index (κ2) is 8.87. The molecule has 0 bridgehead atoms. The molecule has 3 rings (SSSR count). The van der Waals surface area contributed by atoms with E-state index in [-0.39, 0.29) is 12.5 Å². The Morgan fingerprint density at radius 3 is 2.46 bits per heavy atom. The first kappa shape index (κ1) is 19.2. The average molecular weight is 388 g/mol. The summed E-state index contributed by atoms with van der Waals surface area (Å²) in [5.41, 5.74) is 4.94. The average Bonchev–Trinajstić information content (AvgIpc) is 3.17. The van der Waals surface area contributed by atoms with Gasteiger partial charge in [-0.05, 0) is 42.7 Å². The van der Waals surface area contributed by atoms with Crippen LogP contribution < -0.4 is 4.74 Å². The van der Waals surface area contributed by atoms with Gasteiger partial charge >= 0.3 is 0 Å². The van der Waals surface area contributed by atoms with E-state index >= 15 is 0 Å². The Bertz CT molecular complexity index is 755. The number of carbonyl (C=O) groups excluding carboxylic acids is 1. The van der Waals surface area contributed by atoms with E-state index in [2.05, 4.69) is 44.2 Å². The van der Waals surface area contributed by atoms with Gasteiger partial charge in [-0.15, -0.1) is 23.5 Å². The van der Waals surface area contributed by atoms with E-state index in [1.54, 1.807) is 4.90 Å². The number of amides is 1. The minimum absolute atomic E-state index is 0.0176. The predicted molar refractivity (Wildman–Crippen MR) is 112 cm³/mol. The van der Waals surface area contributed by atoms with Gasteiger partial charge < -0.3 is 9.64 Å². The van der Waals surface area contributed by atoms with Gasteiger partial charge in [-0.2, -0.15) is 0 Å². The number of nitrogens with zero attached hydrogens (tertiary/aromatic N) is 1. The Labute approximate surface area is 164 Å². The molecule has 2 aromatic rings. The van der Waals surface area contributed by atoms with Crippen LogP contribution in [0.15, 0.2) is 42.5 Å². The monoisotopic (exact) mass is 387 g/mol. The first-order valence-electron chi connectivity index (χ1n) is 8.79. The molecule has 1 aliphatic heterocycles. The summed E-state index contributed by atoms with van der Waals surface area (Å²) in [7, 11) is 1.82. The van der Waals surface area contributed by atoms with E-state index in [4.69, 9.17) is 4.74 Å². The summed E-state index contributed by atoms with van der Waals surface area (Å²) >= 11 is 3.98. The highest BCUT2D eigenvalue weighted by Crippen LogP contribution is 2.45. The first-order valence-corrected chi connectivity index (χ1v) is 10.9. The third-order valence-corrected chi connectivity index (χ3v) is 7.57. The summed E-state index contributed by atoms with van der Waals surface area (Å²) in [6.07, 6.45) is 0. The predicted octanol–water partition coefficient (Wildman–Crippen LogP) is 4.82. The molecular formula is C21H25NO2S2. The van der Waals surface area contributed by atoms with Crippen LogP contribution in [0, 0.1) is 13.8 Å². The molecule has 1 fully saturated rings. The molecule has 0 unspecified atom stereocenters. The zero-order chi connectivity index (χ0) is 18.5. The summed E-state index contributed by atoms with van der Waals surface area (Å²) in [5.74, 6) is 3.16. The minimum atomic E-state index is -0.0176. The Morgan fingerprint density at radius 2 is 1.81 bits per heavy atom. The number of hydrogen-bond donors (Lipinski definition) is 0. The summed E-state index contributed by atoms with van der Waals surface area (Å²) < 4.78 is 6.23. The van der Waals surface area contributed by atoms with Crippen LogP contribution in [0.4, 0.5) is 0 Å². The van der Waals surface area contributed by atoms with Crippen molar-refractivity contribution >= 4 is 29.4 Å². The van der Waals surface area contributed by atoms with Crippen molar-refractivity contribution in [2.75, 3.05) is 25.2 Å². The van der Waals surface area contributed by atoms with Crippen molar-refractivity contribution in [1.29, 1.82) is 0 Å². The summed E-state index contributed by atoms with van der Waals surface area (Å²) in [6, 6.07) is 14.5. The Balaban J connectivity index is 1.51. The number of ether oxygens (including phenoxy) is 1. The zero-order valence-electron chi connectivity index (χ0n) is 15.5. The lowest BCUT2D eigenvalue weighted by Crippen LogP contribution is -2.31. The van der Waals surface area contributed by atoms with Gasteiger partial charge in [0.1, 0.15) is 5.75 Å². The molecule has 26 heavy (non-hydrogen) atoms. The van der Waals surface area contributed by atoms with E-state index < -0.39 is 0 Å². The molecule has 0 radical (unpaired) electrons. The summed E-state index contributed by atoms with van der Waals surface area (Å²) in [4.78, 5) is 14.1. The van der Waals surface area contributed by atoms with Crippen LogP contribution in [-0.2, 0) is 11.3 Å². The maximum atomic E-state index is 12.4.